The molecule has 0 aliphatic rings. The Morgan fingerprint density at radius 3 is 2.34 bits per heavy atom. The van der Waals surface area contributed by atoms with Crippen LogP contribution in [0.3, 0.4) is 0 Å². The molecule has 4 rings (SSSR count). The molecule has 0 atom stereocenters. The fourth-order valence-corrected chi connectivity index (χ4v) is 3.13. The first kappa shape index (κ1) is 18.4. The molecule has 0 saturated heterocycles. The van der Waals surface area contributed by atoms with Crippen molar-refractivity contribution in [2.45, 2.75) is 6.92 Å². The highest BCUT2D eigenvalue weighted by molar-refractivity contribution is 6.11. The molecular formula is C23H19N3O3. The summed E-state index contributed by atoms with van der Waals surface area (Å²) in [5.41, 5.74) is 1.02. The molecule has 0 aliphatic carbocycles. The van der Waals surface area contributed by atoms with Crippen molar-refractivity contribution in [3.63, 3.8) is 0 Å². The van der Waals surface area contributed by atoms with Crippen molar-refractivity contribution in [2.75, 3.05) is 11.9 Å². The van der Waals surface area contributed by atoms with Gasteiger partial charge in [0.05, 0.1) is 23.4 Å². The predicted octanol–water partition coefficient (Wildman–Crippen LogP) is 4.04. The third-order valence-corrected chi connectivity index (χ3v) is 4.46. The summed E-state index contributed by atoms with van der Waals surface area (Å²) in [6.07, 6.45) is 0. The molecule has 0 saturated carbocycles. The molecule has 0 unspecified atom stereocenters. The van der Waals surface area contributed by atoms with Crippen molar-refractivity contribution in [3.8, 4) is 11.4 Å². The lowest BCUT2D eigenvalue weighted by Gasteiger charge is -2.13. The van der Waals surface area contributed by atoms with E-state index in [0.29, 0.717) is 34.5 Å². The third kappa shape index (κ3) is 3.60. The van der Waals surface area contributed by atoms with E-state index >= 15 is 0 Å². The highest BCUT2D eigenvalue weighted by atomic mass is 16.5. The minimum atomic E-state index is -0.418. The molecule has 144 valence electrons. The summed E-state index contributed by atoms with van der Waals surface area (Å²) in [5.74, 6) is 0.155. The highest BCUT2D eigenvalue weighted by Crippen LogP contribution is 2.25. The molecule has 4 aromatic rings. The lowest BCUT2D eigenvalue weighted by molar-refractivity contribution is 0.102. The zero-order chi connectivity index (χ0) is 20.2. The maximum atomic E-state index is 13.1. The van der Waals surface area contributed by atoms with Gasteiger partial charge in [-0.15, -0.1) is 0 Å². The molecule has 1 N–H and O–H groups in total. The number of nitrogens with zero attached hydrogens (tertiary/aromatic N) is 2. The Balaban J connectivity index is 1.84. The number of hydrogen-bond donors (Lipinski definition) is 1. The molecule has 0 fully saturated rings. The van der Waals surface area contributed by atoms with E-state index in [0.717, 1.165) is 0 Å². The van der Waals surface area contributed by atoms with Crippen LogP contribution in [0.4, 0.5) is 5.69 Å². The number of para-hydroxylation sites is 3. The molecule has 0 aliphatic heterocycles. The molecule has 1 amide bonds. The van der Waals surface area contributed by atoms with Crippen LogP contribution in [0.2, 0.25) is 0 Å². The van der Waals surface area contributed by atoms with E-state index in [1.165, 1.54) is 4.68 Å². The Labute approximate surface area is 167 Å². The largest absolute Gasteiger partial charge is 0.492 e. The fourth-order valence-electron chi connectivity index (χ4n) is 3.13. The van der Waals surface area contributed by atoms with Crippen LogP contribution in [0.1, 0.15) is 17.4 Å². The average molecular weight is 385 g/mol. The number of aromatic nitrogens is 2. The summed E-state index contributed by atoms with van der Waals surface area (Å²) in [7, 11) is 0. The second-order valence-electron chi connectivity index (χ2n) is 6.33. The molecule has 0 radical (unpaired) electrons. The van der Waals surface area contributed by atoms with Gasteiger partial charge in [-0.05, 0) is 37.3 Å². The Morgan fingerprint density at radius 2 is 1.59 bits per heavy atom. The number of rotatable bonds is 5. The number of hydrogen-bond acceptors (Lipinski definition) is 4. The number of anilines is 1. The van der Waals surface area contributed by atoms with Gasteiger partial charge in [-0.3, -0.25) is 9.59 Å². The zero-order valence-corrected chi connectivity index (χ0v) is 15.8. The van der Waals surface area contributed by atoms with E-state index in [9.17, 15) is 9.59 Å². The topological polar surface area (TPSA) is 73.2 Å². The van der Waals surface area contributed by atoms with Crippen molar-refractivity contribution >= 4 is 22.4 Å². The number of carbonyl (C=O) groups excluding carboxylic acids is 1. The first-order chi connectivity index (χ1) is 14.2. The second kappa shape index (κ2) is 7.98. The third-order valence-electron chi connectivity index (χ3n) is 4.46. The smallest absolute Gasteiger partial charge is 0.279 e. The van der Waals surface area contributed by atoms with Crippen LogP contribution in [-0.4, -0.2) is 22.3 Å². The second-order valence-corrected chi connectivity index (χ2v) is 6.33. The van der Waals surface area contributed by atoms with E-state index in [1.807, 2.05) is 37.3 Å². The van der Waals surface area contributed by atoms with E-state index in [4.69, 9.17) is 4.74 Å². The van der Waals surface area contributed by atoms with Gasteiger partial charge in [-0.25, -0.2) is 0 Å². The van der Waals surface area contributed by atoms with Gasteiger partial charge in [0.15, 0.2) is 5.69 Å². The molecule has 29 heavy (non-hydrogen) atoms. The SMILES string of the molecule is CCOc1ccccc1NC(=O)c1nn(-c2ccccc2)c(=O)c2ccccc12. The summed E-state index contributed by atoms with van der Waals surface area (Å²) in [5, 5.41) is 8.18. The summed E-state index contributed by atoms with van der Waals surface area (Å²) in [4.78, 5) is 26.1. The van der Waals surface area contributed by atoms with Crippen molar-refractivity contribution in [3.05, 3.63) is 94.9 Å². The van der Waals surface area contributed by atoms with Crippen LogP contribution in [-0.2, 0) is 0 Å². The molecule has 6 heteroatoms. The van der Waals surface area contributed by atoms with Crippen molar-refractivity contribution in [1.29, 1.82) is 0 Å². The predicted molar refractivity (Wildman–Crippen MR) is 113 cm³/mol. The Hall–Kier alpha value is -3.93. The van der Waals surface area contributed by atoms with Gasteiger partial charge in [0.2, 0.25) is 0 Å². The van der Waals surface area contributed by atoms with E-state index in [1.54, 1.807) is 48.5 Å². The van der Waals surface area contributed by atoms with Crippen molar-refractivity contribution in [1.82, 2.24) is 9.78 Å². The summed E-state index contributed by atoms with van der Waals surface area (Å²) in [6, 6.07) is 23.2. The molecule has 3 aromatic carbocycles. The van der Waals surface area contributed by atoms with Crippen LogP contribution in [0.5, 0.6) is 5.75 Å². The van der Waals surface area contributed by atoms with Crippen LogP contribution in [0.15, 0.2) is 83.7 Å². The van der Waals surface area contributed by atoms with Gasteiger partial charge in [0, 0.05) is 5.39 Å². The van der Waals surface area contributed by atoms with Crippen LogP contribution >= 0.6 is 0 Å². The minimum Gasteiger partial charge on any atom is -0.492 e. The number of benzene rings is 3. The fraction of sp³-hybridized carbons (Fsp3) is 0.0870. The number of carbonyl (C=O) groups is 1. The number of fused-ring (bicyclic) bond motifs is 1. The highest BCUT2D eigenvalue weighted by Gasteiger charge is 2.18. The van der Waals surface area contributed by atoms with Crippen LogP contribution < -0.4 is 15.6 Å². The molecule has 6 nitrogen and oxygen atoms in total. The van der Waals surface area contributed by atoms with Crippen LogP contribution in [0.25, 0.3) is 16.5 Å². The molecule has 1 aromatic heterocycles. The van der Waals surface area contributed by atoms with Crippen LogP contribution in [0, 0.1) is 0 Å². The Morgan fingerprint density at radius 1 is 0.931 bits per heavy atom. The lowest BCUT2D eigenvalue weighted by Crippen LogP contribution is -2.26. The van der Waals surface area contributed by atoms with Gasteiger partial charge >= 0.3 is 0 Å². The van der Waals surface area contributed by atoms with Gasteiger partial charge < -0.3 is 10.1 Å². The first-order valence-electron chi connectivity index (χ1n) is 9.29. The van der Waals surface area contributed by atoms with Gasteiger partial charge in [0.25, 0.3) is 11.5 Å². The standard InChI is InChI=1S/C23H19N3O3/c1-2-29-20-15-9-8-14-19(20)24-22(27)21-17-12-6-7-13-18(17)23(28)26(25-21)16-10-4-3-5-11-16/h3-15H,2H2,1H3,(H,24,27). The lowest BCUT2D eigenvalue weighted by atomic mass is 10.1. The number of amides is 1. The van der Waals surface area contributed by atoms with Gasteiger partial charge in [0.1, 0.15) is 5.75 Å². The average Bonchev–Trinajstić information content (AvgIpc) is 2.76. The first-order valence-corrected chi connectivity index (χ1v) is 9.29. The van der Waals surface area contributed by atoms with Gasteiger partial charge in [-0.1, -0.05) is 48.5 Å². The maximum absolute atomic E-state index is 13.1. The van der Waals surface area contributed by atoms with Crippen molar-refractivity contribution < 1.29 is 9.53 Å². The molecule has 1 heterocycles. The molecule has 0 bridgehead atoms. The summed E-state index contributed by atoms with van der Waals surface area (Å²) < 4.78 is 6.84. The maximum Gasteiger partial charge on any atom is 0.279 e. The van der Waals surface area contributed by atoms with E-state index in [-0.39, 0.29) is 11.3 Å². The molecular weight excluding hydrogens is 366 g/mol. The van der Waals surface area contributed by atoms with Crippen molar-refractivity contribution in [2.24, 2.45) is 0 Å². The monoisotopic (exact) mass is 385 g/mol. The number of ether oxygens (including phenoxy) is 1. The van der Waals surface area contributed by atoms with E-state index in [2.05, 4.69) is 10.4 Å². The summed E-state index contributed by atoms with van der Waals surface area (Å²) in [6.45, 7) is 2.36. The summed E-state index contributed by atoms with van der Waals surface area (Å²) >= 11 is 0. The normalized spacial score (nSPS) is 10.7. The van der Waals surface area contributed by atoms with Gasteiger partial charge in [-0.2, -0.15) is 9.78 Å². The Bertz CT molecular complexity index is 1230. The van der Waals surface area contributed by atoms with E-state index < -0.39 is 5.91 Å². The number of nitrogens with one attached hydrogen (secondary N) is 1. The molecule has 0 spiro atoms. The Kier molecular flexibility index (Phi) is 5.07. The quantitative estimate of drug-likeness (QED) is 0.563. The zero-order valence-electron chi connectivity index (χ0n) is 15.8. The minimum absolute atomic E-state index is 0.162.